The molecule has 0 spiro atoms. The van der Waals surface area contributed by atoms with Crippen LogP contribution in [-0.4, -0.2) is 26.4 Å². The van der Waals surface area contributed by atoms with Gasteiger partial charge >= 0.3 is 5.97 Å². The zero-order valence-electron chi connectivity index (χ0n) is 21.4. The van der Waals surface area contributed by atoms with Crippen LogP contribution in [0.5, 0.6) is 0 Å². The van der Waals surface area contributed by atoms with Crippen molar-refractivity contribution < 1.29 is 19.1 Å². The number of nitrogens with one attached hydrogen (secondary N) is 2. The number of benzene rings is 2. The Morgan fingerprint density at radius 3 is 2.39 bits per heavy atom. The summed E-state index contributed by atoms with van der Waals surface area (Å²) >= 11 is 0. The predicted octanol–water partition coefficient (Wildman–Crippen LogP) is 6.21. The standard InChI is InChI=1S/C30H28N4O4/c1-18-9-11-21(12-10-18)23(17-26(35)36)31-30(37)22-13-14-34-25(16-22)32-28(24-8-5-15-38-24)29(34)33-27-19(2)6-4-7-20(27)3/h4-16,23,33H,17H2,1-3H3,(H,31,37)(H,35,36). The van der Waals surface area contributed by atoms with Crippen molar-refractivity contribution in [2.45, 2.75) is 33.2 Å². The minimum Gasteiger partial charge on any atom is -0.481 e. The van der Waals surface area contributed by atoms with Gasteiger partial charge in [-0.05, 0) is 61.7 Å². The topological polar surface area (TPSA) is 109 Å². The summed E-state index contributed by atoms with van der Waals surface area (Å²) < 4.78 is 7.53. The quantitative estimate of drug-likeness (QED) is 0.230. The van der Waals surface area contributed by atoms with Crippen LogP contribution in [0.1, 0.15) is 45.1 Å². The van der Waals surface area contributed by atoms with Gasteiger partial charge in [0.25, 0.3) is 5.91 Å². The number of nitrogens with zero attached hydrogens (tertiary/aromatic N) is 2. The number of hydrogen-bond donors (Lipinski definition) is 3. The molecular weight excluding hydrogens is 480 g/mol. The molecule has 3 aromatic heterocycles. The maximum Gasteiger partial charge on any atom is 0.305 e. The Morgan fingerprint density at radius 2 is 1.74 bits per heavy atom. The molecule has 0 bridgehead atoms. The highest BCUT2D eigenvalue weighted by molar-refractivity contribution is 5.96. The first-order valence-corrected chi connectivity index (χ1v) is 12.3. The van der Waals surface area contributed by atoms with Crippen molar-refractivity contribution in [1.29, 1.82) is 0 Å². The molecule has 1 atom stereocenters. The number of carboxylic acid groups (broad SMARTS) is 1. The van der Waals surface area contributed by atoms with Crippen molar-refractivity contribution in [1.82, 2.24) is 14.7 Å². The van der Waals surface area contributed by atoms with E-state index in [1.165, 1.54) is 0 Å². The molecule has 3 heterocycles. The van der Waals surface area contributed by atoms with Gasteiger partial charge in [-0.25, -0.2) is 4.98 Å². The number of pyridine rings is 1. The first-order chi connectivity index (χ1) is 18.3. The van der Waals surface area contributed by atoms with Crippen LogP contribution in [0.4, 0.5) is 11.5 Å². The van der Waals surface area contributed by atoms with Crippen LogP contribution in [0.15, 0.2) is 83.6 Å². The van der Waals surface area contributed by atoms with Crippen LogP contribution in [0, 0.1) is 20.8 Å². The second-order valence-electron chi connectivity index (χ2n) is 9.36. The molecule has 3 N–H and O–H groups in total. The van der Waals surface area contributed by atoms with Crippen molar-refractivity contribution in [3.05, 3.63) is 107 Å². The molecule has 0 saturated carbocycles. The fourth-order valence-electron chi connectivity index (χ4n) is 4.49. The highest BCUT2D eigenvalue weighted by Crippen LogP contribution is 2.34. The smallest absolute Gasteiger partial charge is 0.305 e. The molecule has 0 saturated heterocycles. The van der Waals surface area contributed by atoms with E-state index in [0.29, 0.717) is 28.5 Å². The molecule has 1 amide bonds. The Balaban J connectivity index is 1.51. The first-order valence-electron chi connectivity index (χ1n) is 12.3. The number of aromatic nitrogens is 2. The van der Waals surface area contributed by atoms with Gasteiger partial charge in [-0.1, -0.05) is 48.0 Å². The molecule has 0 fully saturated rings. The maximum absolute atomic E-state index is 13.2. The average molecular weight is 509 g/mol. The van der Waals surface area contributed by atoms with Gasteiger partial charge in [-0.2, -0.15) is 0 Å². The molecule has 8 nitrogen and oxygen atoms in total. The first kappa shape index (κ1) is 24.8. The molecule has 2 aromatic carbocycles. The molecule has 38 heavy (non-hydrogen) atoms. The molecule has 5 rings (SSSR count). The summed E-state index contributed by atoms with van der Waals surface area (Å²) in [6.45, 7) is 6.03. The van der Waals surface area contributed by atoms with Crippen molar-refractivity contribution in [3.8, 4) is 11.5 Å². The summed E-state index contributed by atoms with van der Waals surface area (Å²) in [6, 6.07) is 19.9. The Hall–Kier alpha value is -4.85. The van der Waals surface area contributed by atoms with E-state index < -0.39 is 12.0 Å². The van der Waals surface area contributed by atoms with Gasteiger partial charge in [0.2, 0.25) is 0 Å². The third-order valence-corrected chi connectivity index (χ3v) is 6.53. The summed E-state index contributed by atoms with van der Waals surface area (Å²) in [5.41, 5.74) is 6.45. The monoisotopic (exact) mass is 508 g/mol. The maximum atomic E-state index is 13.2. The van der Waals surface area contributed by atoms with E-state index in [4.69, 9.17) is 9.40 Å². The fourth-order valence-corrected chi connectivity index (χ4v) is 4.49. The van der Waals surface area contributed by atoms with Crippen LogP contribution in [0.2, 0.25) is 0 Å². The number of anilines is 2. The van der Waals surface area contributed by atoms with E-state index in [1.54, 1.807) is 30.7 Å². The van der Waals surface area contributed by atoms with Gasteiger partial charge in [-0.3, -0.25) is 14.0 Å². The fraction of sp³-hybridized carbons (Fsp3) is 0.167. The van der Waals surface area contributed by atoms with Crippen molar-refractivity contribution in [3.63, 3.8) is 0 Å². The second kappa shape index (κ2) is 10.3. The Morgan fingerprint density at radius 1 is 1.00 bits per heavy atom. The predicted molar refractivity (Wildman–Crippen MR) is 146 cm³/mol. The number of carbonyl (C=O) groups is 2. The molecular formula is C30H28N4O4. The largest absolute Gasteiger partial charge is 0.481 e. The van der Waals surface area contributed by atoms with Gasteiger partial charge < -0.3 is 20.2 Å². The molecule has 0 aliphatic heterocycles. The highest BCUT2D eigenvalue weighted by atomic mass is 16.4. The van der Waals surface area contributed by atoms with Gasteiger partial charge in [0.05, 0.1) is 18.7 Å². The van der Waals surface area contributed by atoms with Crippen LogP contribution in [-0.2, 0) is 4.79 Å². The lowest BCUT2D eigenvalue weighted by Gasteiger charge is -2.18. The number of amides is 1. The summed E-state index contributed by atoms with van der Waals surface area (Å²) in [7, 11) is 0. The zero-order chi connectivity index (χ0) is 26.8. The number of imidazole rings is 1. The van der Waals surface area contributed by atoms with Crippen LogP contribution in [0.3, 0.4) is 0 Å². The van der Waals surface area contributed by atoms with E-state index in [0.717, 1.165) is 27.9 Å². The molecule has 0 radical (unpaired) electrons. The summed E-state index contributed by atoms with van der Waals surface area (Å²) in [4.78, 5) is 29.5. The third-order valence-electron chi connectivity index (χ3n) is 6.53. The minimum absolute atomic E-state index is 0.229. The third kappa shape index (κ3) is 5.01. The van der Waals surface area contributed by atoms with E-state index in [1.807, 2.05) is 73.7 Å². The molecule has 0 aliphatic carbocycles. The lowest BCUT2D eigenvalue weighted by atomic mass is 10.0. The Labute approximate surface area is 220 Å². The molecule has 1 unspecified atom stereocenters. The highest BCUT2D eigenvalue weighted by Gasteiger charge is 2.22. The zero-order valence-corrected chi connectivity index (χ0v) is 21.4. The van der Waals surface area contributed by atoms with Crippen LogP contribution >= 0.6 is 0 Å². The normalized spacial score (nSPS) is 11.9. The number of rotatable bonds is 8. The van der Waals surface area contributed by atoms with Gasteiger partial charge in [0, 0.05) is 17.4 Å². The summed E-state index contributed by atoms with van der Waals surface area (Å²) in [5.74, 6) is -0.0759. The van der Waals surface area contributed by atoms with Gasteiger partial charge in [0.1, 0.15) is 17.2 Å². The number of carbonyl (C=O) groups excluding carboxylic acids is 1. The Bertz CT molecular complexity index is 1600. The number of aryl methyl sites for hydroxylation is 3. The molecule has 0 aliphatic rings. The number of furan rings is 1. The number of para-hydroxylation sites is 1. The lowest BCUT2D eigenvalue weighted by molar-refractivity contribution is -0.137. The average Bonchev–Trinajstić information content (AvgIpc) is 3.54. The molecule has 192 valence electrons. The van der Waals surface area contributed by atoms with E-state index in [9.17, 15) is 14.7 Å². The lowest BCUT2D eigenvalue weighted by Crippen LogP contribution is -2.30. The number of fused-ring (bicyclic) bond motifs is 1. The van der Waals surface area contributed by atoms with Crippen molar-refractivity contribution in [2.75, 3.05) is 5.32 Å². The molecule has 5 aromatic rings. The second-order valence-corrected chi connectivity index (χ2v) is 9.36. The minimum atomic E-state index is -0.995. The van der Waals surface area contributed by atoms with E-state index in [2.05, 4.69) is 10.6 Å². The molecule has 8 heteroatoms. The van der Waals surface area contributed by atoms with Gasteiger partial charge in [0.15, 0.2) is 5.76 Å². The number of carboxylic acids is 1. The van der Waals surface area contributed by atoms with Crippen LogP contribution in [0.25, 0.3) is 17.1 Å². The van der Waals surface area contributed by atoms with Crippen molar-refractivity contribution in [2.24, 2.45) is 0 Å². The van der Waals surface area contributed by atoms with E-state index >= 15 is 0 Å². The SMILES string of the molecule is Cc1ccc(C(CC(=O)O)NC(=O)c2ccn3c(Nc4c(C)cccc4C)c(-c4ccco4)nc3c2)cc1. The number of hydrogen-bond acceptors (Lipinski definition) is 5. The van der Waals surface area contributed by atoms with Crippen molar-refractivity contribution >= 4 is 29.0 Å². The number of aliphatic carboxylic acids is 1. The summed E-state index contributed by atoms with van der Waals surface area (Å²) in [5, 5.41) is 15.8. The summed E-state index contributed by atoms with van der Waals surface area (Å²) in [6.07, 6.45) is 3.14. The van der Waals surface area contributed by atoms with Crippen LogP contribution < -0.4 is 10.6 Å². The van der Waals surface area contributed by atoms with Gasteiger partial charge in [-0.15, -0.1) is 0 Å². The van der Waals surface area contributed by atoms with E-state index in [-0.39, 0.29) is 12.3 Å². The Kier molecular flexibility index (Phi) is 6.70.